The average molecular weight is 335 g/mol. The Bertz CT molecular complexity index is 658. The summed E-state index contributed by atoms with van der Waals surface area (Å²) in [5, 5.41) is 18.6. The molecule has 0 saturated carbocycles. The summed E-state index contributed by atoms with van der Waals surface area (Å²) in [5.74, 6) is 1.74. The van der Waals surface area contributed by atoms with Crippen molar-refractivity contribution in [3.63, 3.8) is 0 Å². The Morgan fingerprint density at radius 3 is 2.87 bits per heavy atom. The highest BCUT2D eigenvalue weighted by Crippen LogP contribution is 2.29. The van der Waals surface area contributed by atoms with Crippen LogP contribution in [0.25, 0.3) is 6.08 Å². The van der Waals surface area contributed by atoms with Crippen molar-refractivity contribution in [3.8, 4) is 11.5 Å². The van der Waals surface area contributed by atoms with Crippen molar-refractivity contribution in [1.29, 1.82) is 0 Å². The summed E-state index contributed by atoms with van der Waals surface area (Å²) in [7, 11) is 3.46. The summed E-state index contributed by atoms with van der Waals surface area (Å²) in [6.07, 6.45) is 4.96. The summed E-state index contributed by atoms with van der Waals surface area (Å²) < 4.78 is 12.8. The maximum absolute atomic E-state index is 10.0. The highest BCUT2D eigenvalue weighted by Gasteiger charge is 2.11. The summed E-state index contributed by atoms with van der Waals surface area (Å²) in [5.41, 5.74) is 1.04. The van der Waals surface area contributed by atoms with Crippen LogP contribution in [0.2, 0.25) is 0 Å². The molecule has 0 aliphatic heterocycles. The summed E-state index contributed by atoms with van der Waals surface area (Å²) in [4.78, 5) is 0. The lowest BCUT2D eigenvalue weighted by atomic mass is 10.2. The van der Waals surface area contributed by atoms with Gasteiger partial charge in [0, 0.05) is 12.8 Å². The van der Waals surface area contributed by atoms with Gasteiger partial charge in [-0.1, -0.05) is 30.0 Å². The molecule has 2 rings (SSSR count). The molecule has 2 aromatic rings. The van der Waals surface area contributed by atoms with Crippen molar-refractivity contribution >= 4 is 17.8 Å². The van der Waals surface area contributed by atoms with Gasteiger partial charge in [0.25, 0.3) is 0 Å². The standard InChI is InChI=1S/C16H21N3O3S/c1-4-5-12-6-7-14(15(8-12)21-3)22-9-13(20)10-23-16-18-17-11-19(16)2/h4-8,11,13,20H,9-10H2,1-3H3/b5-4+. The zero-order valence-electron chi connectivity index (χ0n) is 13.5. The van der Waals surface area contributed by atoms with Crippen LogP contribution in [0.3, 0.4) is 0 Å². The molecule has 1 aromatic carbocycles. The van der Waals surface area contributed by atoms with Crippen molar-refractivity contribution in [1.82, 2.24) is 14.8 Å². The van der Waals surface area contributed by atoms with Crippen LogP contribution in [0.4, 0.5) is 0 Å². The number of hydrogen-bond donors (Lipinski definition) is 1. The van der Waals surface area contributed by atoms with E-state index in [2.05, 4.69) is 10.2 Å². The first-order chi connectivity index (χ1) is 11.1. The Morgan fingerprint density at radius 2 is 2.22 bits per heavy atom. The molecule has 0 fully saturated rings. The van der Waals surface area contributed by atoms with Crippen LogP contribution < -0.4 is 9.47 Å². The molecule has 0 spiro atoms. The number of hydrogen-bond acceptors (Lipinski definition) is 6. The molecule has 6 nitrogen and oxygen atoms in total. The third-order valence-corrected chi connectivity index (χ3v) is 4.23. The Balaban J connectivity index is 1.88. The van der Waals surface area contributed by atoms with Gasteiger partial charge in [0.15, 0.2) is 16.7 Å². The summed E-state index contributed by atoms with van der Waals surface area (Å²) in [6, 6.07) is 5.69. The number of benzene rings is 1. The fourth-order valence-electron chi connectivity index (χ4n) is 1.91. The van der Waals surface area contributed by atoms with Gasteiger partial charge in [-0.2, -0.15) is 0 Å². The molecule has 7 heteroatoms. The minimum absolute atomic E-state index is 0.185. The zero-order valence-corrected chi connectivity index (χ0v) is 14.3. The highest BCUT2D eigenvalue weighted by molar-refractivity contribution is 7.99. The smallest absolute Gasteiger partial charge is 0.190 e. The van der Waals surface area contributed by atoms with E-state index >= 15 is 0 Å². The van der Waals surface area contributed by atoms with E-state index in [1.807, 2.05) is 44.3 Å². The van der Waals surface area contributed by atoms with Gasteiger partial charge in [0.1, 0.15) is 12.9 Å². The number of aliphatic hydroxyl groups is 1. The molecule has 23 heavy (non-hydrogen) atoms. The fourth-order valence-corrected chi connectivity index (χ4v) is 2.70. The second-order valence-corrected chi connectivity index (χ2v) is 5.90. The van der Waals surface area contributed by atoms with Gasteiger partial charge in [-0.25, -0.2) is 0 Å². The third-order valence-electron chi connectivity index (χ3n) is 3.05. The van der Waals surface area contributed by atoms with Crippen molar-refractivity contribution in [3.05, 3.63) is 36.2 Å². The van der Waals surface area contributed by atoms with Crippen LogP contribution in [0.15, 0.2) is 35.8 Å². The third kappa shape index (κ3) is 5.01. The number of allylic oxidation sites excluding steroid dienone is 1. The second-order valence-electron chi connectivity index (χ2n) is 4.91. The molecular formula is C16H21N3O3S. The molecule has 1 unspecified atom stereocenters. The monoisotopic (exact) mass is 335 g/mol. The minimum atomic E-state index is -0.614. The van der Waals surface area contributed by atoms with Gasteiger partial charge in [-0.05, 0) is 24.6 Å². The molecule has 0 bridgehead atoms. The van der Waals surface area contributed by atoms with E-state index in [9.17, 15) is 5.11 Å². The number of aromatic nitrogens is 3. The average Bonchev–Trinajstić information content (AvgIpc) is 2.97. The molecule has 0 aliphatic carbocycles. The van der Waals surface area contributed by atoms with E-state index in [1.165, 1.54) is 11.8 Å². The van der Waals surface area contributed by atoms with Gasteiger partial charge < -0.3 is 19.1 Å². The van der Waals surface area contributed by atoms with E-state index in [0.29, 0.717) is 17.3 Å². The van der Waals surface area contributed by atoms with Crippen LogP contribution in [0.5, 0.6) is 11.5 Å². The van der Waals surface area contributed by atoms with Crippen LogP contribution in [0, 0.1) is 0 Å². The predicted molar refractivity (Wildman–Crippen MR) is 90.9 cm³/mol. The van der Waals surface area contributed by atoms with Gasteiger partial charge >= 0.3 is 0 Å². The van der Waals surface area contributed by atoms with Crippen LogP contribution in [-0.2, 0) is 7.05 Å². The molecule has 1 atom stereocenters. The topological polar surface area (TPSA) is 69.4 Å². The van der Waals surface area contributed by atoms with E-state index in [4.69, 9.17) is 9.47 Å². The molecule has 1 aromatic heterocycles. The van der Waals surface area contributed by atoms with Gasteiger partial charge in [-0.3, -0.25) is 0 Å². The Hall–Kier alpha value is -1.99. The maximum Gasteiger partial charge on any atom is 0.190 e. The Morgan fingerprint density at radius 1 is 1.39 bits per heavy atom. The summed E-state index contributed by atoms with van der Waals surface area (Å²) in [6.45, 7) is 2.15. The maximum atomic E-state index is 10.0. The molecule has 0 saturated heterocycles. The molecule has 1 N–H and O–H groups in total. The van der Waals surface area contributed by atoms with E-state index < -0.39 is 6.10 Å². The number of ether oxygens (including phenoxy) is 2. The van der Waals surface area contributed by atoms with Gasteiger partial charge in [0.2, 0.25) is 0 Å². The van der Waals surface area contributed by atoms with E-state index in [-0.39, 0.29) is 6.61 Å². The predicted octanol–water partition coefficient (Wildman–Crippen LogP) is 2.39. The highest BCUT2D eigenvalue weighted by atomic mass is 32.2. The van der Waals surface area contributed by atoms with Crippen molar-refractivity contribution < 1.29 is 14.6 Å². The molecule has 0 radical (unpaired) electrons. The number of aryl methyl sites for hydroxylation is 1. The van der Waals surface area contributed by atoms with E-state index in [1.54, 1.807) is 18.0 Å². The van der Waals surface area contributed by atoms with Crippen molar-refractivity contribution in [2.45, 2.75) is 18.2 Å². The number of nitrogens with zero attached hydrogens (tertiary/aromatic N) is 3. The van der Waals surface area contributed by atoms with Crippen LogP contribution in [-0.4, -0.2) is 45.4 Å². The fraction of sp³-hybridized carbons (Fsp3) is 0.375. The molecule has 124 valence electrons. The normalized spacial score (nSPS) is 12.5. The first-order valence-electron chi connectivity index (χ1n) is 7.22. The first-order valence-corrected chi connectivity index (χ1v) is 8.21. The van der Waals surface area contributed by atoms with E-state index in [0.717, 1.165) is 10.7 Å². The lowest BCUT2D eigenvalue weighted by Gasteiger charge is -2.14. The number of aliphatic hydroxyl groups excluding tert-OH is 1. The second kappa shape index (κ2) is 8.59. The van der Waals surface area contributed by atoms with Crippen LogP contribution in [0.1, 0.15) is 12.5 Å². The summed E-state index contributed by atoms with van der Waals surface area (Å²) >= 11 is 1.43. The largest absolute Gasteiger partial charge is 0.493 e. The Kier molecular flexibility index (Phi) is 6.49. The zero-order chi connectivity index (χ0) is 16.7. The van der Waals surface area contributed by atoms with Crippen LogP contribution >= 0.6 is 11.8 Å². The molecule has 0 amide bonds. The van der Waals surface area contributed by atoms with Crippen molar-refractivity contribution in [2.75, 3.05) is 19.5 Å². The van der Waals surface area contributed by atoms with Gasteiger partial charge in [0.05, 0.1) is 13.2 Å². The lowest BCUT2D eigenvalue weighted by Crippen LogP contribution is -2.20. The molecular weight excluding hydrogens is 314 g/mol. The first kappa shape index (κ1) is 17.4. The number of methoxy groups -OCH3 is 1. The Labute approximate surface area is 140 Å². The minimum Gasteiger partial charge on any atom is -0.493 e. The number of thioether (sulfide) groups is 1. The SMILES string of the molecule is C/C=C/c1ccc(OCC(O)CSc2nncn2C)c(OC)c1. The van der Waals surface area contributed by atoms with Crippen molar-refractivity contribution in [2.24, 2.45) is 7.05 Å². The quantitative estimate of drug-likeness (QED) is 0.747. The molecule has 0 aliphatic rings. The lowest BCUT2D eigenvalue weighted by molar-refractivity contribution is 0.124. The molecule has 1 heterocycles. The van der Waals surface area contributed by atoms with Gasteiger partial charge in [-0.15, -0.1) is 10.2 Å². The number of rotatable bonds is 8.